The summed E-state index contributed by atoms with van der Waals surface area (Å²) in [6.07, 6.45) is 0. The molecular formula is C24H15BO2S. The highest BCUT2D eigenvalue weighted by Gasteiger charge is 2.13. The van der Waals surface area contributed by atoms with E-state index in [1.807, 2.05) is 23.5 Å². The minimum Gasteiger partial charge on any atom is -0.539 e. The molecule has 1 N–H and O–H groups in total. The molecular weight excluding hydrogens is 363 g/mol. The van der Waals surface area contributed by atoms with Crippen molar-refractivity contribution in [1.82, 2.24) is 0 Å². The third-order valence-electron chi connectivity index (χ3n) is 5.54. The maximum atomic E-state index is 9.14. The van der Waals surface area contributed by atoms with Crippen LogP contribution >= 0.6 is 11.3 Å². The zero-order valence-corrected chi connectivity index (χ0v) is 15.8. The first kappa shape index (κ1) is 15.9. The first-order valence-electron chi connectivity index (χ1n) is 9.26. The van der Waals surface area contributed by atoms with E-state index in [4.69, 9.17) is 9.68 Å². The van der Waals surface area contributed by atoms with Crippen LogP contribution in [0.1, 0.15) is 0 Å². The molecule has 0 aliphatic rings. The molecule has 0 saturated carbocycles. The number of hydrogen-bond acceptors (Lipinski definition) is 3. The van der Waals surface area contributed by atoms with Gasteiger partial charge in [-0.05, 0) is 62.6 Å². The molecule has 28 heavy (non-hydrogen) atoms. The predicted molar refractivity (Wildman–Crippen MR) is 122 cm³/mol. The summed E-state index contributed by atoms with van der Waals surface area (Å²) in [5.41, 5.74) is 0. The zero-order chi connectivity index (χ0) is 18.7. The summed E-state index contributed by atoms with van der Waals surface area (Å²) < 4.78 is 7.97. The maximum Gasteiger partial charge on any atom is 0.504 e. The molecule has 1 aromatic heterocycles. The highest BCUT2D eigenvalue weighted by Crippen LogP contribution is 2.42. The Morgan fingerprint density at radius 2 is 1.21 bits per heavy atom. The van der Waals surface area contributed by atoms with Gasteiger partial charge in [0.25, 0.3) is 0 Å². The van der Waals surface area contributed by atoms with Gasteiger partial charge in [0, 0.05) is 20.2 Å². The molecule has 0 fully saturated rings. The fourth-order valence-electron chi connectivity index (χ4n) is 4.32. The molecule has 2 nitrogen and oxygen atoms in total. The molecule has 0 bridgehead atoms. The molecule has 6 aromatic rings. The number of fused-ring (bicyclic) bond motifs is 9. The second-order valence-corrected chi connectivity index (χ2v) is 8.10. The first-order chi connectivity index (χ1) is 13.8. The summed E-state index contributed by atoms with van der Waals surface area (Å²) in [7, 11) is -0.320. The molecule has 0 saturated heterocycles. The van der Waals surface area contributed by atoms with Crippen molar-refractivity contribution in [3.63, 3.8) is 0 Å². The Hall–Kier alpha value is -3.08. The van der Waals surface area contributed by atoms with E-state index >= 15 is 0 Å². The second kappa shape index (κ2) is 5.96. The average molecular weight is 378 g/mol. The zero-order valence-electron chi connectivity index (χ0n) is 15.0. The molecule has 6 rings (SSSR count). The minimum absolute atomic E-state index is 0.320. The third-order valence-corrected chi connectivity index (χ3v) is 6.67. The van der Waals surface area contributed by atoms with Gasteiger partial charge in [0.05, 0.1) is 0 Å². The largest absolute Gasteiger partial charge is 0.539 e. The van der Waals surface area contributed by atoms with Crippen LogP contribution < -0.4 is 4.65 Å². The Balaban J connectivity index is 1.85. The molecule has 132 valence electrons. The van der Waals surface area contributed by atoms with Gasteiger partial charge >= 0.3 is 7.69 Å². The summed E-state index contributed by atoms with van der Waals surface area (Å²) in [6.45, 7) is 0. The molecule has 0 unspecified atom stereocenters. The summed E-state index contributed by atoms with van der Waals surface area (Å²) in [5, 5.41) is 19.1. The summed E-state index contributed by atoms with van der Waals surface area (Å²) in [6, 6.07) is 27.9. The smallest absolute Gasteiger partial charge is 0.504 e. The molecule has 4 heteroatoms. The van der Waals surface area contributed by atoms with Gasteiger partial charge in [0.2, 0.25) is 0 Å². The third kappa shape index (κ3) is 2.19. The molecule has 0 radical (unpaired) electrons. The van der Waals surface area contributed by atoms with Crippen LogP contribution in [0.25, 0.3) is 52.5 Å². The molecule has 0 atom stereocenters. The van der Waals surface area contributed by atoms with Crippen LogP contribution in [-0.4, -0.2) is 12.7 Å². The van der Waals surface area contributed by atoms with E-state index in [-0.39, 0.29) is 7.69 Å². The van der Waals surface area contributed by atoms with Gasteiger partial charge in [-0.2, -0.15) is 0 Å². The maximum absolute atomic E-state index is 9.14. The average Bonchev–Trinajstić information content (AvgIpc) is 3.10. The SMILES string of the molecule is OBOc1ccc2c(c1)c1ccccc1c1cc3c(cc21)sc1ccccc13. The fourth-order valence-corrected chi connectivity index (χ4v) is 5.44. The minimum atomic E-state index is -0.320. The molecule has 1 heterocycles. The van der Waals surface area contributed by atoms with Gasteiger partial charge < -0.3 is 9.68 Å². The lowest BCUT2D eigenvalue weighted by atomic mass is 9.93. The highest BCUT2D eigenvalue weighted by molar-refractivity contribution is 7.25. The quantitative estimate of drug-likeness (QED) is 0.289. The van der Waals surface area contributed by atoms with E-state index < -0.39 is 0 Å². The van der Waals surface area contributed by atoms with Crippen molar-refractivity contribution >= 4 is 71.5 Å². The van der Waals surface area contributed by atoms with Crippen molar-refractivity contribution in [2.75, 3.05) is 0 Å². The van der Waals surface area contributed by atoms with Gasteiger partial charge in [-0.15, -0.1) is 11.3 Å². The molecule has 0 spiro atoms. The van der Waals surface area contributed by atoms with Crippen LogP contribution in [0, 0.1) is 0 Å². The molecule has 5 aromatic carbocycles. The lowest BCUT2D eigenvalue weighted by Gasteiger charge is -2.12. The molecule has 0 aliphatic heterocycles. The summed E-state index contributed by atoms with van der Waals surface area (Å²) in [5.74, 6) is 0.683. The van der Waals surface area contributed by atoms with Crippen molar-refractivity contribution < 1.29 is 9.68 Å². The van der Waals surface area contributed by atoms with E-state index in [0.29, 0.717) is 5.75 Å². The Bertz CT molecular complexity index is 1530. The summed E-state index contributed by atoms with van der Waals surface area (Å²) >= 11 is 1.84. The summed E-state index contributed by atoms with van der Waals surface area (Å²) in [4.78, 5) is 0. The molecule has 0 amide bonds. The van der Waals surface area contributed by atoms with Crippen LogP contribution in [0.3, 0.4) is 0 Å². The van der Waals surface area contributed by atoms with Gasteiger partial charge in [-0.25, -0.2) is 0 Å². The van der Waals surface area contributed by atoms with Gasteiger partial charge in [-0.3, -0.25) is 0 Å². The Morgan fingerprint density at radius 1 is 0.571 bits per heavy atom. The number of benzene rings is 5. The van der Waals surface area contributed by atoms with Crippen molar-refractivity contribution in [2.45, 2.75) is 0 Å². The van der Waals surface area contributed by atoms with Crippen LogP contribution in [0.4, 0.5) is 0 Å². The van der Waals surface area contributed by atoms with Crippen LogP contribution in [-0.2, 0) is 0 Å². The Labute approximate surface area is 165 Å². The number of hydrogen-bond donors (Lipinski definition) is 1. The normalized spacial score (nSPS) is 11.8. The van der Waals surface area contributed by atoms with E-state index in [2.05, 4.69) is 66.7 Å². The standard InChI is InChI=1S/C24H15BO2S/c26-25-27-14-9-10-17-19(11-14)15-5-1-2-6-16(15)20-12-22-18-7-3-4-8-23(18)28-24(22)13-21(17)20/h1-13,25-26H. The van der Waals surface area contributed by atoms with Gasteiger partial charge in [-0.1, -0.05) is 48.5 Å². The van der Waals surface area contributed by atoms with Crippen molar-refractivity contribution in [3.8, 4) is 5.75 Å². The van der Waals surface area contributed by atoms with Crippen molar-refractivity contribution in [2.24, 2.45) is 0 Å². The van der Waals surface area contributed by atoms with Gasteiger partial charge in [0.1, 0.15) is 5.75 Å². The lowest BCUT2D eigenvalue weighted by molar-refractivity contribution is 0.454. The lowest BCUT2D eigenvalue weighted by Crippen LogP contribution is -1.99. The van der Waals surface area contributed by atoms with Crippen LogP contribution in [0.5, 0.6) is 5.75 Å². The number of thiophene rings is 1. The van der Waals surface area contributed by atoms with Crippen molar-refractivity contribution in [3.05, 3.63) is 78.9 Å². The topological polar surface area (TPSA) is 29.5 Å². The second-order valence-electron chi connectivity index (χ2n) is 7.02. The van der Waals surface area contributed by atoms with Crippen LogP contribution in [0.2, 0.25) is 0 Å². The van der Waals surface area contributed by atoms with Gasteiger partial charge in [0.15, 0.2) is 0 Å². The monoisotopic (exact) mass is 378 g/mol. The Kier molecular flexibility index (Phi) is 3.39. The predicted octanol–water partition coefficient (Wildman–Crippen LogP) is 6.15. The first-order valence-corrected chi connectivity index (χ1v) is 10.1. The number of rotatable bonds is 2. The van der Waals surface area contributed by atoms with E-state index in [0.717, 1.165) is 5.39 Å². The van der Waals surface area contributed by atoms with E-state index in [9.17, 15) is 0 Å². The molecule has 0 aliphatic carbocycles. The van der Waals surface area contributed by atoms with E-state index in [1.54, 1.807) is 0 Å². The highest BCUT2D eigenvalue weighted by atomic mass is 32.1. The Morgan fingerprint density at radius 3 is 2.00 bits per heavy atom. The fraction of sp³-hybridized carbons (Fsp3) is 0. The van der Waals surface area contributed by atoms with E-state index in [1.165, 1.54) is 47.1 Å². The van der Waals surface area contributed by atoms with Crippen molar-refractivity contribution in [1.29, 1.82) is 0 Å². The van der Waals surface area contributed by atoms with Crippen LogP contribution in [0.15, 0.2) is 78.9 Å².